The van der Waals surface area contributed by atoms with Crippen molar-refractivity contribution in [3.8, 4) is 5.75 Å². The van der Waals surface area contributed by atoms with E-state index in [0.29, 0.717) is 36.1 Å². The SMILES string of the molecule is CC(N)C1CCCN(C(=O)CCCOc2ccccc2Cl)C1. The summed E-state index contributed by atoms with van der Waals surface area (Å²) in [7, 11) is 0. The number of hydrogen-bond acceptors (Lipinski definition) is 3. The standard InChI is InChI=1S/C17H25ClN2O2/c1-13(19)14-6-4-10-20(12-14)17(21)9-5-11-22-16-8-3-2-7-15(16)18/h2-3,7-8,13-14H,4-6,9-12,19H2,1H3. The number of benzene rings is 1. The van der Waals surface area contributed by atoms with Crippen LogP contribution in [0.1, 0.15) is 32.6 Å². The van der Waals surface area contributed by atoms with Gasteiger partial charge in [-0.05, 0) is 44.2 Å². The van der Waals surface area contributed by atoms with Gasteiger partial charge in [0.2, 0.25) is 5.91 Å². The lowest BCUT2D eigenvalue weighted by Gasteiger charge is -2.34. The number of nitrogens with two attached hydrogens (primary N) is 1. The first-order valence-electron chi connectivity index (χ1n) is 7.98. The van der Waals surface area contributed by atoms with E-state index in [1.54, 1.807) is 6.07 Å². The van der Waals surface area contributed by atoms with Crippen LogP contribution in [0, 0.1) is 5.92 Å². The van der Waals surface area contributed by atoms with Crippen LogP contribution in [0.4, 0.5) is 0 Å². The van der Waals surface area contributed by atoms with E-state index < -0.39 is 0 Å². The van der Waals surface area contributed by atoms with Crippen LogP contribution in [0.5, 0.6) is 5.75 Å². The molecule has 1 aromatic carbocycles. The van der Waals surface area contributed by atoms with Crippen LogP contribution in [-0.2, 0) is 4.79 Å². The third kappa shape index (κ3) is 4.89. The lowest BCUT2D eigenvalue weighted by molar-refractivity contribution is -0.133. The first kappa shape index (κ1) is 17.1. The first-order valence-corrected chi connectivity index (χ1v) is 8.36. The Labute approximate surface area is 137 Å². The van der Waals surface area contributed by atoms with Gasteiger partial charge in [0.15, 0.2) is 0 Å². The molecule has 1 fully saturated rings. The molecule has 2 atom stereocenters. The molecule has 0 saturated carbocycles. The lowest BCUT2D eigenvalue weighted by Crippen LogP contribution is -2.45. The number of halogens is 1. The fraction of sp³-hybridized carbons (Fsp3) is 0.588. The molecule has 1 heterocycles. The van der Waals surface area contributed by atoms with Gasteiger partial charge in [-0.15, -0.1) is 0 Å². The summed E-state index contributed by atoms with van der Waals surface area (Å²) in [6.45, 7) is 4.17. The second-order valence-corrected chi connectivity index (χ2v) is 6.39. The van der Waals surface area contributed by atoms with Gasteiger partial charge >= 0.3 is 0 Å². The number of hydrogen-bond donors (Lipinski definition) is 1. The largest absolute Gasteiger partial charge is 0.492 e. The van der Waals surface area contributed by atoms with Gasteiger partial charge < -0.3 is 15.4 Å². The van der Waals surface area contributed by atoms with Crippen LogP contribution in [-0.4, -0.2) is 36.5 Å². The van der Waals surface area contributed by atoms with Crippen LogP contribution in [0.2, 0.25) is 5.02 Å². The number of nitrogens with zero attached hydrogens (tertiary/aromatic N) is 1. The summed E-state index contributed by atoms with van der Waals surface area (Å²) in [5, 5.41) is 0.602. The number of carbonyl (C=O) groups excluding carboxylic acids is 1. The number of rotatable bonds is 6. The van der Waals surface area contributed by atoms with E-state index in [-0.39, 0.29) is 11.9 Å². The molecule has 5 heteroatoms. The Morgan fingerprint density at radius 3 is 3.00 bits per heavy atom. The molecule has 1 aliphatic heterocycles. The van der Waals surface area contributed by atoms with Gasteiger partial charge in [0, 0.05) is 25.6 Å². The minimum absolute atomic E-state index is 0.152. The summed E-state index contributed by atoms with van der Waals surface area (Å²) >= 11 is 6.02. The van der Waals surface area contributed by atoms with Crippen LogP contribution in [0.25, 0.3) is 0 Å². The van der Waals surface area contributed by atoms with E-state index in [4.69, 9.17) is 22.1 Å². The van der Waals surface area contributed by atoms with Gasteiger partial charge in [-0.1, -0.05) is 23.7 Å². The Hall–Kier alpha value is -1.26. The Balaban J connectivity index is 1.70. The molecule has 0 aromatic heterocycles. The summed E-state index contributed by atoms with van der Waals surface area (Å²) in [6, 6.07) is 7.53. The van der Waals surface area contributed by atoms with Crippen molar-refractivity contribution < 1.29 is 9.53 Å². The zero-order chi connectivity index (χ0) is 15.9. The van der Waals surface area contributed by atoms with Crippen molar-refractivity contribution in [3.05, 3.63) is 29.3 Å². The fourth-order valence-corrected chi connectivity index (χ4v) is 2.98. The molecular weight excluding hydrogens is 300 g/mol. The summed E-state index contributed by atoms with van der Waals surface area (Å²) in [5.74, 6) is 1.30. The summed E-state index contributed by atoms with van der Waals surface area (Å²) in [6.07, 6.45) is 3.38. The second-order valence-electron chi connectivity index (χ2n) is 5.98. The number of carbonyl (C=O) groups is 1. The van der Waals surface area contributed by atoms with Gasteiger partial charge in [-0.2, -0.15) is 0 Å². The molecule has 0 spiro atoms. The average Bonchev–Trinajstić information content (AvgIpc) is 2.53. The maximum absolute atomic E-state index is 12.2. The summed E-state index contributed by atoms with van der Waals surface area (Å²) in [5.41, 5.74) is 5.96. The minimum atomic E-state index is 0.152. The highest BCUT2D eigenvalue weighted by Crippen LogP contribution is 2.23. The topological polar surface area (TPSA) is 55.6 Å². The minimum Gasteiger partial charge on any atom is -0.492 e. The molecule has 2 N–H and O–H groups in total. The van der Waals surface area contributed by atoms with Crippen molar-refractivity contribution in [1.29, 1.82) is 0 Å². The number of ether oxygens (including phenoxy) is 1. The molecular formula is C17H25ClN2O2. The number of likely N-dealkylation sites (tertiary alicyclic amines) is 1. The van der Waals surface area contributed by atoms with Gasteiger partial charge in [0.25, 0.3) is 0 Å². The molecule has 4 nitrogen and oxygen atoms in total. The Morgan fingerprint density at radius 1 is 1.50 bits per heavy atom. The number of piperidine rings is 1. The first-order chi connectivity index (χ1) is 10.6. The number of para-hydroxylation sites is 1. The molecule has 22 heavy (non-hydrogen) atoms. The maximum Gasteiger partial charge on any atom is 0.222 e. The lowest BCUT2D eigenvalue weighted by atomic mass is 9.92. The quantitative estimate of drug-likeness (QED) is 0.818. The highest BCUT2D eigenvalue weighted by Gasteiger charge is 2.25. The molecule has 2 rings (SSSR count). The second kappa shape index (κ2) is 8.39. The summed E-state index contributed by atoms with van der Waals surface area (Å²) in [4.78, 5) is 14.2. The van der Waals surface area contributed by atoms with Crippen molar-refractivity contribution in [3.63, 3.8) is 0 Å². The van der Waals surface area contributed by atoms with E-state index in [1.807, 2.05) is 30.0 Å². The van der Waals surface area contributed by atoms with Gasteiger partial charge in [-0.3, -0.25) is 4.79 Å². The van der Waals surface area contributed by atoms with Gasteiger partial charge in [0.1, 0.15) is 5.75 Å². The maximum atomic E-state index is 12.2. The highest BCUT2D eigenvalue weighted by atomic mass is 35.5. The van der Waals surface area contributed by atoms with E-state index in [2.05, 4.69) is 0 Å². The Kier molecular flexibility index (Phi) is 6.52. The monoisotopic (exact) mass is 324 g/mol. The Bertz CT molecular complexity index is 493. The average molecular weight is 325 g/mol. The van der Waals surface area contributed by atoms with Crippen LogP contribution in [0.3, 0.4) is 0 Å². The molecule has 0 bridgehead atoms. The van der Waals surface area contributed by atoms with E-state index in [0.717, 1.165) is 25.9 Å². The predicted octanol–water partition coefficient (Wildman–Crippen LogP) is 3.08. The smallest absolute Gasteiger partial charge is 0.222 e. The van der Waals surface area contributed by atoms with E-state index in [1.165, 1.54) is 0 Å². The van der Waals surface area contributed by atoms with E-state index in [9.17, 15) is 4.79 Å². The molecule has 0 radical (unpaired) electrons. The van der Waals surface area contributed by atoms with Crippen LogP contribution < -0.4 is 10.5 Å². The number of amides is 1. The van der Waals surface area contributed by atoms with Crippen molar-refractivity contribution in [2.45, 2.75) is 38.6 Å². The molecule has 1 aliphatic rings. The van der Waals surface area contributed by atoms with E-state index >= 15 is 0 Å². The Morgan fingerprint density at radius 2 is 2.27 bits per heavy atom. The molecule has 0 aliphatic carbocycles. The molecule has 122 valence electrons. The van der Waals surface area contributed by atoms with Crippen LogP contribution >= 0.6 is 11.6 Å². The predicted molar refractivity (Wildman–Crippen MR) is 89.1 cm³/mol. The summed E-state index contributed by atoms with van der Waals surface area (Å²) < 4.78 is 5.61. The zero-order valence-corrected chi connectivity index (χ0v) is 13.9. The normalized spacial score (nSPS) is 19.8. The van der Waals surface area contributed by atoms with Crippen molar-refractivity contribution in [1.82, 2.24) is 4.90 Å². The highest BCUT2D eigenvalue weighted by molar-refractivity contribution is 6.32. The fourth-order valence-electron chi connectivity index (χ4n) is 2.79. The third-order valence-corrected chi connectivity index (χ3v) is 4.50. The molecule has 1 amide bonds. The van der Waals surface area contributed by atoms with Crippen molar-refractivity contribution in [2.24, 2.45) is 11.7 Å². The van der Waals surface area contributed by atoms with Crippen LogP contribution in [0.15, 0.2) is 24.3 Å². The third-order valence-electron chi connectivity index (χ3n) is 4.18. The van der Waals surface area contributed by atoms with Gasteiger partial charge in [-0.25, -0.2) is 0 Å². The molecule has 1 aromatic rings. The zero-order valence-electron chi connectivity index (χ0n) is 13.1. The van der Waals surface area contributed by atoms with Crippen molar-refractivity contribution in [2.75, 3.05) is 19.7 Å². The molecule has 2 unspecified atom stereocenters. The van der Waals surface area contributed by atoms with Crippen molar-refractivity contribution >= 4 is 17.5 Å². The van der Waals surface area contributed by atoms with Gasteiger partial charge in [0.05, 0.1) is 11.6 Å². The molecule has 1 saturated heterocycles.